The van der Waals surface area contributed by atoms with E-state index in [1.165, 1.54) is 0 Å². The average Bonchev–Trinajstić information content (AvgIpc) is 3.49. The summed E-state index contributed by atoms with van der Waals surface area (Å²) in [5.41, 5.74) is -2.88. The molecule has 8 rings (SSSR count). The zero-order chi connectivity index (χ0) is 41.6. The summed E-state index contributed by atoms with van der Waals surface area (Å²) in [6, 6.07) is 0. The van der Waals surface area contributed by atoms with Crippen molar-refractivity contribution in [3.05, 3.63) is 0 Å². The highest BCUT2D eigenvalue weighted by molar-refractivity contribution is 5.33. The van der Waals surface area contributed by atoms with E-state index in [1.807, 2.05) is 0 Å². The van der Waals surface area contributed by atoms with Crippen molar-refractivity contribution in [2.24, 2.45) is 44.8 Å². The van der Waals surface area contributed by atoms with Crippen LogP contribution in [0.15, 0.2) is 0 Å². The summed E-state index contributed by atoms with van der Waals surface area (Å²) < 4.78 is 31.0. The molecule has 22 unspecified atom stereocenters. The molecule has 57 heavy (non-hydrogen) atoms. The molecule has 0 aromatic heterocycles. The van der Waals surface area contributed by atoms with Crippen LogP contribution in [0.25, 0.3) is 0 Å². The third kappa shape index (κ3) is 5.99. The monoisotopic (exact) mass is 814 g/mol. The maximum atomic E-state index is 12.4. The van der Waals surface area contributed by atoms with Crippen molar-refractivity contribution in [1.82, 2.24) is 0 Å². The molecule has 0 bridgehead atoms. The van der Waals surface area contributed by atoms with Gasteiger partial charge in [-0.05, 0) is 117 Å². The Balaban J connectivity index is 1.04. The van der Waals surface area contributed by atoms with Crippen molar-refractivity contribution < 1.29 is 74.7 Å². The van der Waals surface area contributed by atoms with Crippen molar-refractivity contribution in [2.45, 2.75) is 203 Å². The topological polar surface area (TPSA) is 248 Å². The fourth-order valence-electron chi connectivity index (χ4n) is 15.2. The molecule has 15 heteroatoms. The number of fused-ring (bicyclic) bond motifs is 2. The van der Waals surface area contributed by atoms with E-state index in [0.717, 1.165) is 38.5 Å². The average molecular weight is 815 g/mol. The van der Waals surface area contributed by atoms with E-state index in [0.29, 0.717) is 19.3 Å². The van der Waals surface area contributed by atoms with Gasteiger partial charge in [0.2, 0.25) is 0 Å². The Labute approximate surface area is 335 Å². The maximum absolute atomic E-state index is 12.4. The maximum Gasteiger partial charge on any atom is 0.187 e. The van der Waals surface area contributed by atoms with Gasteiger partial charge in [0.25, 0.3) is 0 Å². The number of rotatable bonds is 8. The lowest BCUT2D eigenvalue weighted by atomic mass is 9.41. The van der Waals surface area contributed by atoms with Gasteiger partial charge in [-0.15, -0.1) is 0 Å². The van der Waals surface area contributed by atoms with Gasteiger partial charge in [-0.2, -0.15) is 0 Å². The van der Waals surface area contributed by atoms with Gasteiger partial charge in [0.15, 0.2) is 12.6 Å². The highest BCUT2D eigenvalue weighted by Gasteiger charge is 2.85. The zero-order valence-electron chi connectivity index (χ0n) is 34.6. The van der Waals surface area contributed by atoms with Crippen molar-refractivity contribution in [3.8, 4) is 0 Å². The van der Waals surface area contributed by atoms with Crippen LogP contribution in [0, 0.1) is 44.8 Å². The first-order valence-electron chi connectivity index (χ1n) is 21.5. The molecular weight excluding hydrogens is 744 g/mol. The number of aliphatic hydroxyl groups excluding tert-OH is 9. The fraction of sp³-hybridized carbons (Fsp3) is 1.00. The molecule has 3 saturated heterocycles. The number of aliphatic hydroxyl groups is 10. The van der Waals surface area contributed by atoms with E-state index in [-0.39, 0.29) is 45.5 Å². The zero-order valence-corrected chi connectivity index (χ0v) is 34.6. The van der Waals surface area contributed by atoms with Crippen LogP contribution in [-0.2, 0) is 23.7 Å². The van der Waals surface area contributed by atoms with E-state index >= 15 is 0 Å². The molecule has 0 amide bonds. The summed E-state index contributed by atoms with van der Waals surface area (Å²) >= 11 is 0. The van der Waals surface area contributed by atoms with E-state index in [2.05, 4.69) is 34.6 Å². The van der Waals surface area contributed by atoms with Gasteiger partial charge in [-0.25, -0.2) is 0 Å². The molecule has 5 aliphatic carbocycles. The quantitative estimate of drug-likeness (QED) is 0.146. The second kappa shape index (κ2) is 14.0. The van der Waals surface area contributed by atoms with Crippen molar-refractivity contribution in [1.29, 1.82) is 0 Å². The van der Waals surface area contributed by atoms with E-state index < -0.39 is 110 Å². The Morgan fingerprint density at radius 3 is 1.89 bits per heavy atom. The molecule has 22 atom stereocenters. The first kappa shape index (κ1) is 43.1. The van der Waals surface area contributed by atoms with E-state index in [9.17, 15) is 51.1 Å². The molecule has 0 aromatic rings. The van der Waals surface area contributed by atoms with Crippen molar-refractivity contribution >= 4 is 0 Å². The van der Waals surface area contributed by atoms with E-state index in [4.69, 9.17) is 23.7 Å². The lowest BCUT2D eigenvalue weighted by Gasteiger charge is -2.65. The van der Waals surface area contributed by atoms with Gasteiger partial charge < -0.3 is 74.7 Å². The SMILES string of the molecule is CC(C)(O)C1CCC(C)(C2C(O)CC3(C)C4CC(O)C5C(C)(C)C(OC6OC(CO)C(O)C(O)C6OC6OC(CO)C(O)C(O)C6O)CCC56CC46CCC23C)O1. The highest BCUT2D eigenvalue weighted by Crippen LogP contribution is 2.89. The van der Waals surface area contributed by atoms with E-state index in [1.54, 1.807) is 13.8 Å². The molecule has 10 N–H and O–H groups in total. The minimum Gasteiger partial charge on any atom is -0.394 e. The number of hydrogen-bond donors (Lipinski definition) is 10. The van der Waals surface area contributed by atoms with Crippen LogP contribution in [0.5, 0.6) is 0 Å². The van der Waals surface area contributed by atoms with Gasteiger partial charge in [-0.3, -0.25) is 0 Å². The Morgan fingerprint density at radius 2 is 1.28 bits per heavy atom. The molecule has 3 aliphatic heterocycles. The first-order valence-corrected chi connectivity index (χ1v) is 21.5. The van der Waals surface area contributed by atoms with Crippen molar-refractivity contribution in [2.75, 3.05) is 13.2 Å². The molecule has 8 aliphatic rings. The molecule has 5 saturated carbocycles. The first-order chi connectivity index (χ1) is 26.5. The standard InChI is InChI=1S/C42H70O15/c1-36(2)24(55-35-31(29(50)27(48)22(17-44)54-35)56-34-30(51)28(49)26(47)21(16-43)53-34)9-11-42-18-41(42)13-12-38(5)33(40(7)10-8-25(57-40)37(3,4)52)20(46)15-39(38,6)23(41)14-19(45)32(36)42/h19-35,43-52H,8-18H2,1-7H3. The van der Waals surface area contributed by atoms with Gasteiger partial charge in [-0.1, -0.05) is 27.7 Å². The molecule has 2 spiro atoms. The summed E-state index contributed by atoms with van der Waals surface area (Å²) in [5.74, 6) is -0.0936. The fourth-order valence-corrected chi connectivity index (χ4v) is 15.2. The molecule has 0 radical (unpaired) electrons. The largest absolute Gasteiger partial charge is 0.394 e. The number of hydrogen-bond acceptors (Lipinski definition) is 15. The lowest BCUT2D eigenvalue weighted by molar-refractivity contribution is -0.378. The second-order valence-electron chi connectivity index (χ2n) is 21.5. The molecule has 8 fully saturated rings. The smallest absolute Gasteiger partial charge is 0.187 e. The van der Waals surface area contributed by atoms with Crippen molar-refractivity contribution in [3.63, 3.8) is 0 Å². The molecule has 15 nitrogen and oxygen atoms in total. The third-order valence-corrected chi connectivity index (χ3v) is 18.0. The summed E-state index contributed by atoms with van der Waals surface area (Å²) in [5, 5.41) is 109. The predicted octanol–water partition coefficient (Wildman–Crippen LogP) is 0.0850. The predicted molar refractivity (Wildman–Crippen MR) is 200 cm³/mol. The molecular formula is C42H70O15. The van der Waals surface area contributed by atoms with Gasteiger partial charge in [0.1, 0.15) is 48.8 Å². The van der Waals surface area contributed by atoms with Crippen LogP contribution in [-0.4, -0.2) is 161 Å². The highest BCUT2D eigenvalue weighted by atomic mass is 16.8. The molecule has 0 aromatic carbocycles. The third-order valence-electron chi connectivity index (χ3n) is 18.0. The summed E-state index contributed by atoms with van der Waals surface area (Å²) in [4.78, 5) is 0. The van der Waals surface area contributed by atoms with Gasteiger partial charge in [0, 0.05) is 5.92 Å². The van der Waals surface area contributed by atoms with Crippen LogP contribution in [0.1, 0.15) is 106 Å². The Bertz CT molecular complexity index is 1510. The minimum atomic E-state index is -1.78. The summed E-state index contributed by atoms with van der Waals surface area (Å²) in [7, 11) is 0. The summed E-state index contributed by atoms with van der Waals surface area (Å²) in [6.45, 7) is 13.2. The normalized spacial score (nSPS) is 58.4. The van der Waals surface area contributed by atoms with Gasteiger partial charge in [0.05, 0.1) is 48.8 Å². The molecule has 328 valence electrons. The Hall–Kier alpha value is -0.600. The van der Waals surface area contributed by atoms with Crippen LogP contribution in [0.3, 0.4) is 0 Å². The summed E-state index contributed by atoms with van der Waals surface area (Å²) in [6.07, 6.45) is -10.6. The Kier molecular flexibility index (Phi) is 10.5. The number of ether oxygens (including phenoxy) is 5. The van der Waals surface area contributed by atoms with Crippen LogP contribution >= 0.6 is 0 Å². The van der Waals surface area contributed by atoms with Crippen LogP contribution < -0.4 is 0 Å². The Morgan fingerprint density at radius 1 is 0.649 bits per heavy atom. The minimum absolute atomic E-state index is 0.0204. The van der Waals surface area contributed by atoms with Gasteiger partial charge >= 0.3 is 0 Å². The van der Waals surface area contributed by atoms with Crippen LogP contribution in [0.4, 0.5) is 0 Å². The van der Waals surface area contributed by atoms with Crippen LogP contribution in [0.2, 0.25) is 0 Å². The molecule has 3 heterocycles. The lowest BCUT2D eigenvalue weighted by Crippen LogP contribution is -2.66. The second-order valence-corrected chi connectivity index (χ2v) is 21.5.